The van der Waals surface area contributed by atoms with Gasteiger partial charge in [-0.15, -0.1) is 0 Å². The molecule has 2 aromatic carbocycles. The Morgan fingerprint density at radius 3 is 2.67 bits per heavy atom. The molecule has 6 rings (SSSR count). The third kappa shape index (κ3) is 7.48. The van der Waals surface area contributed by atoms with Crippen molar-refractivity contribution < 1.29 is 19.4 Å². The monoisotopic (exact) mass is 781 g/mol. The molecule has 49 heavy (non-hydrogen) atoms. The molecule has 2 saturated heterocycles. The maximum atomic E-state index is 12.6. The van der Waals surface area contributed by atoms with E-state index in [1.807, 2.05) is 0 Å². The minimum atomic E-state index is -0.788. The molecule has 2 fully saturated rings. The van der Waals surface area contributed by atoms with Gasteiger partial charge in [0.15, 0.2) is 0 Å². The number of fused-ring (bicyclic) bond motifs is 2. The van der Waals surface area contributed by atoms with Crippen molar-refractivity contribution in [3.05, 3.63) is 75.3 Å². The number of anilines is 2. The van der Waals surface area contributed by atoms with E-state index in [1.54, 1.807) is 18.7 Å². The highest BCUT2D eigenvalue weighted by molar-refractivity contribution is 14.1. The Kier molecular flexibility index (Phi) is 10.6. The fourth-order valence-electron chi connectivity index (χ4n) is 7.26. The van der Waals surface area contributed by atoms with E-state index in [0.29, 0.717) is 51.8 Å². The zero-order valence-electron chi connectivity index (χ0n) is 28.3. The number of aliphatic carboxylic acids is 1. The molecule has 0 spiro atoms. The average Bonchev–Trinajstić information content (AvgIpc) is 3.56. The Labute approximate surface area is 301 Å². The van der Waals surface area contributed by atoms with Crippen LogP contribution >= 0.6 is 22.6 Å². The molecule has 2 atom stereocenters. The first-order valence-corrected chi connectivity index (χ1v) is 18.1. The van der Waals surface area contributed by atoms with Crippen LogP contribution in [0.4, 0.5) is 11.5 Å². The molecule has 258 valence electrons. The molecule has 1 aromatic heterocycles. The largest absolute Gasteiger partial charge is 0.481 e. The van der Waals surface area contributed by atoms with Gasteiger partial charge in [0.1, 0.15) is 18.5 Å². The molecule has 1 amide bonds. The fourth-order valence-corrected chi connectivity index (χ4v) is 8.05. The van der Waals surface area contributed by atoms with Crippen LogP contribution in [0, 0.1) is 15.6 Å². The number of halogens is 1. The van der Waals surface area contributed by atoms with Gasteiger partial charge in [0.25, 0.3) is 0 Å². The van der Waals surface area contributed by atoms with Gasteiger partial charge in [0.2, 0.25) is 12.5 Å². The summed E-state index contributed by atoms with van der Waals surface area (Å²) < 4.78 is 7.63. The molecular weight excluding hydrogens is 737 g/mol. The van der Waals surface area contributed by atoms with Gasteiger partial charge in [-0.05, 0) is 98.8 Å². The lowest BCUT2D eigenvalue weighted by molar-refractivity contribution is -0.147. The molecule has 0 bridgehead atoms. The first kappa shape index (κ1) is 34.9. The van der Waals surface area contributed by atoms with Gasteiger partial charge < -0.3 is 29.4 Å². The Morgan fingerprint density at radius 1 is 1.12 bits per heavy atom. The third-order valence-corrected chi connectivity index (χ3v) is 11.1. The van der Waals surface area contributed by atoms with Crippen molar-refractivity contribution in [2.24, 2.45) is 5.41 Å². The summed E-state index contributed by atoms with van der Waals surface area (Å²) in [5.41, 5.74) is 2.40. The van der Waals surface area contributed by atoms with Crippen molar-refractivity contribution >= 4 is 56.7 Å². The van der Waals surface area contributed by atoms with E-state index >= 15 is 0 Å². The molecular formula is C37H44IN7O4. The van der Waals surface area contributed by atoms with E-state index in [-0.39, 0.29) is 24.5 Å². The number of nitrogens with zero attached hydrogens (tertiary/aromatic N) is 7. The van der Waals surface area contributed by atoms with Crippen molar-refractivity contribution in [2.75, 3.05) is 62.2 Å². The van der Waals surface area contributed by atoms with Crippen LogP contribution in [0.5, 0.6) is 6.01 Å². The molecule has 3 aliphatic heterocycles. The summed E-state index contributed by atoms with van der Waals surface area (Å²) in [5.74, 6) is -0.121. The molecule has 0 aliphatic carbocycles. The maximum Gasteiger partial charge on any atom is 0.318 e. The number of carbonyl (C=O) groups excluding carboxylic acids is 1. The molecule has 11 nitrogen and oxygen atoms in total. The van der Waals surface area contributed by atoms with Crippen LogP contribution in [0.3, 0.4) is 0 Å². The van der Waals surface area contributed by atoms with Crippen LogP contribution in [-0.2, 0) is 22.6 Å². The molecule has 0 radical (unpaired) electrons. The Morgan fingerprint density at radius 2 is 1.92 bits per heavy atom. The van der Waals surface area contributed by atoms with Crippen molar-refractivity contribution in [3.8, 4) is 6.01 Å². The second kappa shape index (κ2) is 14.9. The molecule has 3 aromatic rings. The van der Waals surface area contributed by atoms with Gasteiger partial charge in [0.05, 0.1) is 17.7 Å². The smallest absolute Gasteiger partial charge is 0.318 e. The number of aromatic nitrogens is 2. The summed E-state index contributed by atoms with van der Waals surface area (Å²) >= 11 is 2.41. The topological polar surface area (TPSA) is 107 Å². The van der Waals surface area contributed by atoms with Crippen LogP contribution < -0.4 is 14.5 Å². The summed E-state index contributed by atoms with van der Waals surface area (Å²) in [6, 6.07) is 13.0. The number of carboxylic acids is 1. The predicted molar refractivity (Wildman–Crippen MR) is 199 cm³/mol. The van der Waals surface area contributed by atoms with E-state index in [2.05, 4.69) is 85.1 Å². The number of hydrogen-bond acceptors (Lipinski definition) is 8. The van der Waals surface area contributed by atoms with Crippen molar-refractivity contribution in [1.29, 1.82) is 0 Å². The van der Waals surface area contributed by atoms with Gasteiger partial charge in [-0.3, -0.25) is 14.5 Å². The van der Waals surface area contributed by atoms with Crippen LogP contribution in [0.25, 0.3) is 15.6 Å². The molecule has 12 heteroatoms. The van der Waals surface area contributed by atoms with E-state index in [4.69, 9.17) is 21.3 Å². The van der Waals surface area contributed by atoms with Gasteiger partial charge in [-0.25, -0.2) is 6.57 Å². The van der Waals surface area contributed by atoms with Crippen molar-refractivity contribution in [2.45, 2.75) is 58.2 Å². The van der Waals surface area contributed by atoms with Crippen LogP contribution in [0.15, 0.2) is 49.1 Å². The lowest BCUT2D eigenvalue weighted by Gasteiger charge is -2.41. The first-order chi connectivity index (χ1) is 23.6. The van der Waals surface area contributed by atoms with Gasteiger partial charge >= 0.3 is 12.0 Å². The molecule has 4 heterocycles. The Balaban J connectivity index is 1.29. The molecule has 0 saturated carbocycles. The first-order valence-electron chi connectivity index (χ1n) is 17.0. The number of carboxylic acid groups (broad SMARTS) is 1. The minimum absolute atomic E-state index is 0.151. The van der Waals surface area contributed by atoms with Crippen LogP contribution in [-0.4, -0.2) is 101 Å². The highest BCUT2D eigenvalue weighted by Crippen LogP contribution is 2.36. The van der Waals surface area contributed by atoms with Crippen molar-refractivity contribution in [3.63, 3.8) is 0 Å². The second-order valence-corrected chi connectivity index (χ2v) is 15.0. The second-order valence-electron chi connectivity index (χ2n) is 13.8. The summed E-state index contributed by atoms with van der Waals surface area (Å²) in [5, 5.41) is 12.1. The number of likely N-dealkylation sites (tertiary alicyclic amines) is 1. The van der Waals surface area contributed by atoms with E-state index in [0.717, 1.165) is 49.4 Å². The normalized spacial score (nSPS) is 19.8. The number of hydrogen-bond donors (Lipinski definition) is 1. The highest BCUT2D eigenvalue weighted by atomic mass is 131. The van der Waals surface area contributed by atoms with Crippen LogP contribution in [0.2, 0.25) is 0 Å². The summed E-state index contributed by atoms with van der Waals surface area (Å²) in [7, 11) is 0. The maximum absolute atomic E-state index is 12.6. The van der Waals surface area contributed by atoms with Crippen LogP contribution in [0.1, 0.15) is 44.4 Å². The number of ether oxygens (including phenoxy) is 1. The van der Waals surface area contributed by atoms with Gasteiger partial charge in [-0.2, -0.15) is 9.97 Å². The lowest BCUT2D eigenvalue weighted by atomic mass is 9.89. The minimum Gasteiger partial charge on any atom is -0.481 e. The molecule has 3 aliphatic rings. The Hall–Kier alpha value is -3.96. The highest BCUT2D eigenvalue weighted by Gasteiger charge is 2.36. The lowest BCUT2D eigenvalue weighted by Crippen LogP contribution is -2.56. The Bertz CT molecular complexity index is 1770. The zero-order chi connectivity index (χ0) is 34.7. The number of carbonyl (C=O) groups is 2. The standard InChI is InChI=1S/C37H44IN7O4/c1-5-32(46)45-20-19-44(22-27(45)21-39-4)34-28-14-17-43(31-13-7-10-25-9-6-12-29(38)33(25)31)23-30(28)40-36(41-34)49-24-26-11-8-16-42(26)18-15-37(2,3)35(47)48/h5-7,9-10,12-13,26-27H,1,8,11,14-24H2,2-3H3,(H,47,48)/t26-,27-/m0/s1/i38+4. The average molecular weight is 782 g/mol. The summed E-state index contributed by atoms with van der Waals surface area (Å²) in [6.07, 6.45) is 4.64. The summed E-state index contributed by atoms with van der Waals surface area (Å²) in [6.45, 7) is 20.0. The molecule has 1 N–H and O–H groups in total. The quantitative estimate of drug-likeness (QED) is 0.159. The number of piperazine rings is 1. The van der Waals surface area contributed by atoms with E-state index in [1.165, 1.54) is 26.1 Å². The predicted octanol–water partition coefficient (Wildman–Crippen LogP) is 5.26. The number of benzene rings is 2. The van der Waals surface area contributed by atoms with Gasteiger partial charge in [0, 0.05) is 52.4 Å². The third-order valence-electron chi connectivity index (χ3n) is 10.2. The zero-order valence-corrected chi connectivity index (χ0v) is 30.4. The SMILES string of the molecule is [C-]#[N+]C[C@H]1CN(c2nc(OC[C@@H]3CCCN3CCC(C)(C)C(=O)O)nc3c2CCN(c2cccc4cccc([131I])c24)C3)CCN1C(=O)C=C. The van der Waals surface area contributed by atoms with E-state index < -0.39 is 11.4 Å². The van der Waals surface area contributed by atoms with Crippen molar-refractivity contribution in [1.82, 2.24) is 19.8 Å². The number of rotatable bonds is 11. The molecule has 0 unspecified atom stereocenters. The summed E-state index contributed by atoms with van der Waals surface area (Å²) in [4.78, 5) is 46.7. The van der Waals surface area contributed by atoms with E-state index in [9.17, 15) is 14.7 Å². The van der Waals surface area contributed by atoms with Gasteiger partial charge in [-0.1, -0.05) is 30.8 Å². The number of amides is 1. The fraction of sp³-hybridized carbons (Fsp3) is 0.486.